The van der Waals surface area contributed by atoms with E-state index >= 15 is 0 Å². The van der Waals surface area contributed by atoms with Crippen molar-refractivity contribution in [3.8, 4) is 67.5 Å². The standard InChI is InChI=1S/C51H31N3O2/c1-4-14-32(15-5-1)35-26-27-45-43(31-35)47-42(23-13-25-46(47)55-45)51-53-49(34-18-8-3-9-19-34)52-50(54-51)38-29-36(33-16-6-2-7-17-33)28-37(30-38)39-21-12-22-41-40-20-10-11-24-44(40)56-48(39)41/h1-31H. The van der Waals surface area contributed by atoms with Crippen LogP contribution in [0.3, 0.4) is 0 Å². The molecule has 0 spiro atoms. The lowest BCUT2D eigenvalue weighted by atomic mass is 9.94. The number of aromatic nitrogens is 3. The number of nitrogens with zero attached hydrogens (tertiary/aromatic N) is 3. The van der Waals surface area contributed by atoms with E-state index in [1.165, 1.54) is 0 Å². The number of hydrogen-bond acceptors (Lipinski definition) is 5. The quantitative estimate of drug-likeness (QED) is 0.171. The molecule has 0 aliphatic carbocycles. The fraction of sp³-hybridized carbons (Fsp3) is 0. The Kier molecular flexibility index (Phi) is 7.42. The maximum atomic E-state index is 6.54. The topological polar surface area (TPSA) is 65.0 Å². The third-order valence-corrected chi connectivity index (χ3v) is 10.5. The predicted octanol–water partition coefficient (Wildman–Crippen LogP) is 13.7. The summed E-state index contributed by atoms with van der Waals surface area (Å²) in [5.41, 5.74) is 12.3. The molecule has 0 amide bonds. The summed E-state index contributed by atoms with van der Waals surface area (Å²) in [5, 5.41) is 4.14. The molecular formula is C51H31N3O2. The van der Waals surface area contributed by atoms with Gasteiger partial charge >= 0.3 is 0 Å². The highest BCUT2D eigenvalue weighted by Crippen LogP contribution is 2.41. The smallest absolute Gasteiger partial charge is 0.164 e. The maximum Gasteiger partial charge on any atom is 0.164 e. The molecule has 0 aliphatic rings. The van der Waals surface area contributed by atoms with Crippen molar-refractivity contribution in [1.82, 2.24) is 15.0 Å². The summed E-state index contributed by atoms with van der Waals surface area (Å²) in [7, 11) is 0. The van der Waals surface area contributed by atoms with Crippen LogP contribution < -0.4 is 0 Å². The van der Waals surface area contributed by atoms with Crippen molar-refractivity contribution in [1.29, 1.82) is 0 Å². The van der Waals surface area contributed by atoms with Crippen molar-refractivity contribution in [2.45, 2.75) is 0 Å². The Labute approximate surface area is 322 Å². The van der Waals surface area contributed by atoms with Crippen molar-refractivity contribution >= 4 is 43.9 Å². The van der Waals surface area contributed by atoms with Crippen LogP contribution in [0.5, 0.6) is 0 Å². The highest BCUT2D eigenvalue weighted by atomic mass is 16.3. The first kappa shape index (κ1) is 31.9. The summed E-state index contributed by atoms with van der Waals surface area (Å²) in [6, 6.07) is 64.5. The number of para-hydroxylation sites is 2. The molecule has 0 fully saturated rings. The van der Waals surface area contributed by atoms with Crippen LogP contribution in [0, 0.1) is 0 Å². The molecule has 0 saturated carbocycles. The summed E-state index contributed by atoms with van der Waals surface area (Å²) in [5.74, 6) is 1.73. The summed E-state index contributed by atoms with van der Waals surface area (Å²) in [4.78, 5) is 15.6. The van der Waals surface area contributed by atoms with Crippen molar-refractivity contribution in [2.24, 2.45) is 0 Å². The molecule has 11 rings (SSSR count). The van der Waals surface area contributed by atoms with Gasteiger partial charge in [-0.2, -0.15) is 0 Å². The average molecular weight is 718 g/mol. The van der Waals surface area contributed by atoms with E-state index in [2.05, 4.69) is 121 Å². The highest BCUT2D eigenvalue weighted by molar-refractivity contribution is 6.13. The number of benzene rings is 8. The van der Waals surface area contributed by atoms with E-state index in [4.69, 9.17) is 23.8 Å². The Morgan fingerprint density at radius 1 is 0.286 bits per heavy atom. The minimum Gasteiger partial charge on any atom is -0.456 e. The van der Waals surface area contributed by atoms with Gasteiger partial charge < -0.3 is 8.83 Å². The lowest BCUT2D eigenvalue weighted by molar-refractivity contribution is 0.669. The molecule has 0 saturated heterocycles. The van der Waals surface area contributed by atoms with Crippen LogP contribution in [0.2, 0.25) is 0 Å². The Morgan fingerprint density at radius 3 is 1.62 bits per heavy atom. The second kappa shape index (κ2) is 13.0. The third-order valence-electron chi connectivity index (χ3n) is 10.5. The molecule has 0 bridgehead atoms. The van der Waals surface area contributed by atoms with E-state index in [1.807, 2.05) is 66.7 Å². The molecule has 262 valence electrons. The highest BCUT2D eigenvalue weighted by Gasteiger charge is 2.20. The van der Waals surface area contributed by atoms with E-state index in [0.717, 1.165) is 93.9 Å². The third kappa shape index (κ3) is 5.45. The lowest BCUT2D eigenvalue weighted by Gasteiger charge is -2.13. The first-order valence-electron chi connectivity index (χ1n) is 18.7. The zero-order valence-corrected chi connectivity index (χ0v) is 30.1. The van der Waals surface area contributed by atoms with Crippen LogP contribution in [-0.2, 0) is 0 Å². The molecule has 0 atom stereocenters. The van der Waals surface area contributed by atoms with Crippen molar-refractivity contribution in [3.63, 3.8) is 0 Å². The summed E-state index contributed by atoms with van der Waals surface area (Å²) < 4.78 is 13.0. The zero-order valence-electron chi connectivity index (χ0n) is 30.1. The van der Waals surface area contributed by atoms with Gasteiger partial charge in [0, 0.05) is 43.8 Å². The Hall–Kier alpha value is -7.63. The number of furan rings is 2. The minimum absolute atomic E-state index is 0.568. The second-order valence-electron chi connectivity index (χ2n) is 14.0. The molecule has 5 heteroatoms. The Balaban J connectivity index is 1.16. The van der Waals surface area contributed by atoms with Crippen molar-refractivity contribution < 1.29 is 8.83 Å². The predicted molar refractivity (Wildman–Crippen MR) is 227 cm³/mol. The lowest BCUT2D eigenvalue weighted by Crippen LogP contribution is -2.01. The van der Waals surface area contributed by atoms with Gasteiger partial charge in [0.05, 0.1) is 0 Å². The van der Waals surface area contributed by atoms with Crippen LogP contribution in [-0.4, -0.2) is 15.0 Å². The molecule has 8 aromatic carbocycles. The molecular weight excluding hydrogens is 687 g/mol. The fourth-order valence-corrected chi connectivity index (χ4v) is 7.85. The summed E-state index contributed by atoms with van der Waals surface area (Å²) >= 11 is 0. The molecule has 0 N–H and O–H groups in total. The summed E-state index contributed by atoms with van der Waals surface area (Å²) in [6.45, 7) is 0. The van der Waals surface area contributed by atoms with Gasteiger partial charge in [-0.3, -0.25) is 0 Å². The molecule has 3 heterocycles. The van der Waals surface area contributed by atoms with Crippen molar-refractivity contribution in [3.05, 3.63) is 188 Å². The Morgan fingerprint density at radius 2 is 0.839 bits per heavy atom. The molecule has 0 aliphatic heterocycles. The number of rotatable bonds is 6. The van der Waals surface area contributed by atoms with E-state index in [9.17, 15) is 0 Å². The monoisotopic (exact) mass is 717 g/mol. The minimum atomic E-state index is 0.568. The van der Waals surface area contributed by atoms with Crippen LogP contribution in [0.15, 0.2) is 197 Å². The van der Waals surface area contributed by atoms with Gasteiger partial charge in [-0.15, -0.1) is 0 Å². The second-order valence-corrected chi connectivity index (χ2v) is 14.0. The number of hydrogen-bond donors (Lipinski definition) is 0. The van der Waals surface area contributed by atoms with E-state index in [1.54, 1.807) is 0 Å². The number of fused-ring (bicyclic) bond motifs is 6. The van der Waals surface area contributed by atoms with E-state index in [0.29, 0.717) is 17.5 Å². The molecule has 5 nitrogen and oxygen atoms in total. The normalized spacial score (nSPS) is 11.6. The zero-order chi connectivity index (χ0) is 37.0. The van der Waals surface area contributed by atoms with E-state index in [-0.39, 0.29) is 0 Å². The van der Waals surface area contributed by atoms with Gasteiger partial charge in [0.1, 0.15) is 22.3 Å². The van der Waals surface area contributed by atoms with Crippen LogP contribution in [0.1, 0.15) is 0 Å². The van der Waals surface area contributed by atoms with Crippen LogP contribution in [0.25, 0.3) is 111 Å². The average Bonchev–Trinajstić information content (AvgIpc) is 3.85. The van der Waals surface area contributed by atoms with Crippen LogP contribution >= 0.6 is 0 Å². The molecule has 0 unspecified atom stereocenters. The molecule has 11 aromatic rings. The van der Waals surface area contributed by atoms with Crippen LogP contribution in [0.4, 0.5) is 0 Å². The van der Waals surface area contributed by atoms with Gasteiger partial charge in [0.15, 0.2) is 17.5 Å². The molecule has 56 heavy (non-hydrogen) atoms. The van der Waals surface area contributed by atoms with Gasteiger partial charge in [-0.25, -0.2) is 15.0 Å². The van der Waals surface area contributed by atoms with Gasteiger partial charge in [0.25, 0.3) is 0 Å². The first-order chi connectivity index (χ1) is 27.7. The van der Waals surface area contributed by atoms with E-state index < -0.39 is 0 Å². The van der Waals surface area contributed by atoms with Gasteiger partial charge in [0.2, 0.25) is 0 Å². The molecule has 0 radical (unpaired) electrons. The molecule has 3 aromatic heterocycles. The fourth-order valence-electron chi connectivity index (χ4n) is 7.85. The SMILES string of the molecule is c1ccc(-c2cc(-c3nc(-c4ccccc4)nc(-c4cccc5oc6ccc(-c7ccccc7)cc6c45)n3)cc(-c3cccc4c3oc3ccccc34)c2)cc1. The van der Waals surface area contributed by atoms with Crippen molar-refractivity contribution in [2.75, 3.05) is 0 Å². The summed E-state index contributed by atoms with van der Waals surface area (Å²) in [6.07, 6.45) is 0. The largest absolute Gasteiger partial charge is 0.456 e. The first-order valence-corrected chi connectivity index (χ1v) is 18.7. The van der Waals surface area contributed by atoms with Gasteiger partial charge in [-0.05, 0) is 70.3 Å². The Bertz CT molecular complexity index is 3240. The maximum absolute atomic E-state index is 6.54. The van der Waals surface area contributed by atoms with Gasteiger partial charge in [-0.1, -0.05) is 146 Å².